The summed E-state index contributed by atoms with van der Waals surface area (Å²) in [4.78, 5) is 46.6. The third kappa shape index (κ3) is 9.28. The normalized spacial score (nSPS) is 11.7. The molecule has 1 atom stereocenters. The number of carbonyl (C=O) groups excluding carboxylic acids is 2. The van der Waals surface area contributed by atoms with Crippen molar-refractivity contribution in [3.63, 3.8) is 0 Å². The molecule has 1 amide bonds. The zero-order valence-corrected chi connectivity index (χ0v) is 19.3. The highest BCUT2D eigenvalue weighted by Crippen LogP contribution is 2.22. The molecule has 0 bridgehead atoms. The molecule has 0 aliphatic heterocycles. The van der Waals surface area contributed by atoms with E-state index in [-0.39, 0.29) is 12.0 Å². The molecule has 8 nitrogen and oxygen atoms in total. The van der Waals surface area contributed by atoms with Gasteiger partial charge >= 0.3 is 17.9 Å². The van der Waals surface area contributed by atoms with Gasteiger partial charge in [-0.2, -0.15) is 0 Å². The number of rotatable bonds is 12. The lowest BCUT2D eigenvalue weighted by Crippen LogP contribution is -2.33. The van der Waals surface area contributed by atoms with Gasteiger partial charge in [0.2, 0.25) is 6.10 Å². The number of amides is 1. The van der Waals surface area contributed by atoms with Crippen LogP contribution >= 0.6 is 15.9 Å². The van der Waals surface area contributed by atoms with E-state index in [2.05, 4.69) is 21.2 Å². The maximum atomic E-state index is 12.8. The Morgan fingerprint density at radius 2 is 1.61 bits per heavy atom. The second kappa shape index (κ2) is 13.2. The number of hydrogen-bond donors (Lipinski definition) is 3. The summed E-state index contributed by atoms with van der Waals surface area (Å²) in [5.41, 5.74) is 1.31. The fraction of sp³-hybridized carbons (Fsp3) is 0.250. The first kappa shape index (κ1) is 25.8. The molecule has 0 aliphatic rings. The van der Waals surface area contributed by atoms with Gasteiger partial charge in [-0.25, -0.2) is 9.59 Å². The number of benzene rings is 2. The lowest BCUT2D eigenvalue weighted by atomic mass is 10.1. The molecule has 0 fully saturated rings. The molecule has 2 aromatic rings. The zero-order valence-electron chi connectivity index (χ0n) is 17.7. The van der Waals surface area contributed by atoms with Gasteiger partial charge in [-0.15, -0.1) is 0 Å². The van der Waals surface area contributed by atoms with E-state index in [1.54, 1.807) is 36.4 Å². The molecule has 2 aromatic carbocycles. The van der Waals surface area contributed by atoms with E-state index in [0.717, 1.165) is 10.5 Å². The number of unbranched alkanes of at least 4 members (excludes halogenated alkanes) is 2. The Hall–Kier alpha value is -3.46. The van der Waals surface area contributed by atoms with Crippen LogP contribution in [0.3, 0.4) is 0 Å². The molecular formula is C24H24BrNO7. The van der Waals surface area contributed by atoms with Gasteiger partial charge in [-0.05, 0) is 48.7 Å². The van der Waals surface area contributed by atoms with Crippen molar-refractivity contribution in [3.05, 3.63) is 75.8 Å². The lowest BCUT2D eigenvalue weighted by molar-refractivity contribution is -0.137. The van der Waals surface area contributed by atoms with E-state index < -0.39 is 29.9 Å². The summed E-state index contributed by atoms with van der Waals surface area (Å²) < 4.78 is 6.32. The molecule has 174 valence electrons. The van der Waals surface area contributed by atoms with Crippen molar-refractivity contribution in [2.45, 2.75) is 31.8 Å². The van der Waals surface area contributed by atoms with E-state index >= 15 is 0 Å². The first-order chi connectivity index (χ1) is 15.8. The first-order valence-corrected chi connectivity index (χ1v) is 11.0. The summed E-state index contributed by atoms with van der Waals surface area (Å²) in [5.74, 6) is -3.12. The average Bonchev–Trinajstić information content (AvgIpc) is 2.79. The molecule has 0 saturated heterocycles. The van der Waals surface area contributed by atoms with Crippen LogP contribution in [-0.2, 0) is 19.1 Å². The summed E-state index contributed by atoms with van der Waals surface area (Å²) in [6.07, 6.45) is 3.07. The van der Waals surface area contributed by atoms with Gasteiger partial charge in [0.05, 0.1) is 5.56 Å². The van der Waals surface area contributed by atoms with Crippen LogP contribution in [0, 0.1) is 0 Å². The Morgan fingerprint density at radius 3 is 2.21 bits per heavy atom. The van der Waals surface area contributed by atoms with E-state index in [9.17, 15) is 19.2 Å². The molecule has 1 unspecified atom stereocenters. The minimum absolute atomic E-state index is 0.0813. The predicted octanol–water partition coefficient (Wildman–Crippen LogP) is 4.21. The molecule has 0 saturated carbocycles. The van der Waals surface area contributed by atoms with E-state index in [4.69, 9.17) is 14.9 Å². The summed E-state index contributed by atoms with van der Waals surface area (Å²) in [5, 5.41) is 20.1. The quantitative estimate of drug-likeness (QED) is 0.218. The smallest absolute Gasteiger partial charge is 0.339 e. The zero-order chi connectivity index (χ0) is 24.2. The maximum absolute atomic E-state index is 12.8. The molecule has 0 aliphatic carbocycles. The van der Waals surface area contributed by atoms with Crippen LogP contribution < -0.4 is 5.32 Å². The van der Waals surface area contributed by atoms with Gasteiger partial charge in [0.25, 0.3) is 5.91 Å². The molecule has 0 spiro atoms. The van der Waals surface area contributed by atoms with Crippen molar-refractivity contribution < 1.29 is 34.1 Å². The Bertz CT molecular complexity index is 1000. The molecule has 0 heterocycles. The van der Waals surface area contributed by atoms with Crippen LogP contribution in [-0.4, -0.2) is 40.6 Å². The number of ether oxygens (including phenoxy) is 1. The van der Waals surface area contributed by atoms with Crippen molar-refractivity contribution >= 4 is 45.8 Å². The topological polar surface area (TPSA) is 130 Å². The van der Waals surface area contributed by atoms with Gasteiger partial charge in [0.1, 0.15) is 0 Å². The number of nitrogens with one attached hydrogen (secondary N) is 1. The van der Waals surface area contributed by atoms with Crippen LogP contribution in [0.4, 0.5) is 0 Å². The summed E-state index contributed by atoms with van der Waals surface area (Å²) in [6.45, 7) is 0.327. The maximum Gasteiger partial charge on any atom is 0.339 e. The van der Waals surface area contributed by atoms with Crippen LogP contribution in [0.15, 0.2) is 59.1 Å². The SMILES string of the molecule is O=C(O)/C=C/c1ccc(C(=O)OC(C(=O)NCCCCCC(=O)O)c2ccc(Br)cc2)cc1. The highest BCUT2D eigenvalue weighted by molar-refractivity contribution is 9.10. The van der Waals surface area contributed by atoms with E-state index in [1.165, 1.54) is 18.2 Å². The third-order valence-corrected chi connectivity index (χ3v) is 5.10. The van der Waals surface area contributed by atoms with Crippen LogP contribution in [0.25, 0.3) is 6.08 Å². The molecule has 0 radical (unpaired) electrons. The first-order valence-electron chi connectivity index (χ1n) is 10.2. The lowest BCUT2D eigenvalue weighted by Gasteiger charge is -2.18. The Morgan fingerprint density at radius 1 is 0.939 bits per heavy atom. The fourth-order valence-corrected chi connectivity index (χ4v) is 3.13. The number of halogens is 1. The summed E-state index contributed by atoms with van der Waals surface area (Å²) in [6, 6.07) is 12.9. The highest BCUT2D eigenvalue weighted by atomic mass is 79.9. The second-order valence-corrected chi connectivity index (χ2v) is 8.04. The van der Waals surface area contributed by atoms with Gasteiger partial charge in [0, 0.05) is 29.1 Å². The van der Waals surface area contributed by atoms with Crippen LogP contribution in [0.5, 0.6) is 0 Å². The number of aliphatic carboxylic acids is 2. The standard InChI is InChI=1S/C24H24BrNO7/c25-19-12-10-17(11-13-19)22(23(31)26-15-3-1-2-4-20(27)28)33-24(32)18-8-5-16(6-9-18)7-14-21(29)30/h5-14,22H,1-4,15H2,(H,26,31)(H,27,28)(H,29,30)/b14-7+. The number of hydrogen-bond acceptors (Lipinski definition) is 5. The second-order valence-electron chi connectivity index (χ2n) is 7.13. The van der Waals surface area contributed by atoms with Crippen LogP contribution in [0.1, 0.15) is 53.3 Å². The molecule has 3 N–H and O–H groups in total. The van der Waals surface area contributed by atoms with Crippen molar-refractivity contribution in [2.75, 3.05) is 6.54 Å². The van der Waals surface area contributed by atoms with Gasteiger partial charge in [-0.1, -0.05) is 46.6 Å². The van der Waals surface area contributed by atoms with Gasteiger partial charge < -0.3 is 20.3 Å². The average molecular weight is 518 g/mol. The summed E-state index contributed by atoms with van der Waals surface area (Å²) in [7, 11) is 0. The molecule has 33 heavy (non-hydrogen) atoms. The Labute approximate surface area is 199 Å². The minimum atomic E-state index is -1.17. The highest BCUT2D eigenvalue weighted by Gasteiger charge is 2.25. The van der Waals surface area contributed by atoms with Gasteiger partial charge in [-0.3, -0.25) is 9.59 Å². The van der Waals surface area contributed by atoms with Gasteiger partial charge in [0.15, 0.2) is 0 Å². The van der Waals surface area contributed by atoms with E-state index in [1.807, 2.05) is 0 Å². The summed E-state index contributed by atoms with van der Waals surface area (Å²) >= 11 is 3.33. The van der Waals surface area contributed by atoms with Crippen molar-refractivity contribution in [3.8, 4) is 0 Å². The molecular weight excluding hydrogens is 494 g/mol. The number of carboxylic acid groups (broad SMARTS) is 2. The Balaban J connectivity index is 2.05. The monoisotopic (exact) mass is 517 g/mol. The number of carbonyl (C=O) groups is 4. The van der Waals surface area contributed by atoms with Crippen molar-refractivity contribution in [1.29, 1.82) is 0 Å². The van der Waals surface area contributed by atoms with Crippen molar-refractivity contribution in [2.24, 2.45) is 0 Å². The molecule has 9 heteroatoms. The molecule has 0 aromatic heterocycles. The van der Waals surface area contributed by atoms with Crippen LogP contribution in [0.2, 0.25) is 0 Å². The largest absolute Gasteiger partial charge is 0.481 e. The van der Waals surface area contributed by atoms with Crippen molar-refractivity contribution in [1.82, 2.24) is 5.32 Å². The number of carboxylic acids is 2. The third-order valence-electron chi connectivity index (χ3n) is 4.57. The number of esters is 1. The Kier molecular flexibility index (Phi) is 10.3. The predicted molar refractivity (Wildman–Crippen MR) is 125 cm³/mol. The van der Waals surface area contributed by atoms with E-state index in [0.29, 0.717) is 36.9 Å². The molecule has 2 rings (SSSR count). The minimum Gasteiger partial charge on any atom is -0.481 e. The fourth-order valence-electron chi connectivity index (χ4n) is 2.87.